The summed E-state index contributed by atoms with van der Waals surface area (Å²) in [6.45, 7) is 8.45. The molecule has 1 atom stereocenters. The Kier molecular flexibility index (Phi) is 20.0. The first kappa shape index (κ1) is 50.3. The van der Waals surface area contributed by atoms with Gasteiger partial charge in [-0.3, -0.25) is 24.3 Å². The fourth-order valence-electron chi connectivity index (χ4n) is 3.52. The molecule has 2 aromatic heterocycles. The molecule has 0 fully saturated rings. The summed E-state index contributed by atoms with van der Waals surface area (Å²) < 4.78 is 55.5. The molecule has 17 nitrogen and oxygen atoms in total. The molecule has 3 aromatic rings. The fourth-order valence-corrected chi connectivity index (χ4v) is 4.51. The van der Waals surface area contributed by atoms with Gasteiger partial charge in [0.2, 0.25) is 5.16 Å². The van der Waals surface area contributed by atoms with Crippen molar-refractivity contribution in [2.45, 2.75) is 57.5 Å². The highest BCUT2D eigenvalue weighted by Gasteiger charge is 2.35. The number of benzene rings is 1. The molecule has 2 heterocycles. The van der Waals surface area contributed by atoms with Gasteiger partial charge < -0.3 is 30.0 Å². The molecule has 0 saturated carbocycles. The summed E-state index contributed by atoms with van der Waals surface area (Å²) in [5.41, 5.74) is -4.23. The zero-order valence-corrected chi connectivity index (χ0v) is 34.3. The molecular weight excluding hydrogens is 806 g/mol. The number of hydrogen-bond acceptors (Lipinski definition) is 13. The summed E-state index contributed by atoms with van der Waals surface area (Å²) in [7, 11) is -2.81. The van der Waals surface area contributed by atoms with Crippen LogP contribution in [0.25, 0.3) is 5.69 Å². The molecule has 0 spiro atoms. The third kappa shape index (κ3) is 17.2. The Balaban J connectivity index is 0.000000837. The van der Waals surface area contributed by atoms with Gasteiger partial charge in [-0.2, -0.15) is 17.8 Å². The molecule has 0 amide bonds. The SMILES string of the molecule is CC(C)OC(=O)c1cc(-n2c(=O)cc(C(F)(F)F)n(C)c2=O)ccc1Cl.CSc1nnc(C(C)(C)C)c(=O)n1N.C[S+](C)C.O=C(O)CNCP(=O)([O-])O. The summed E-state index contributed by atoms with van der Waals surface area (Å²) >= 11 is 7.23. The van der Waals surface area contributed by atoms with Crippen LogP contribution >= 0.6 is 31.0 Å². The first-order valence-electron chi connectivity index (χ1n) is 15.1. The van der Waals surface area contributed by atoms with Gasteiger partial charge in [-0.05, 0) is 49.2 Å². The van der Waals surface area contributed by atoms with Gasteiger partial charge in [0.05, 0.1) is 54.0 Å². The normalized spacial score (nSPS) is 12.3. The van der Waals surface area contributed by atoms with Crippen LogP contribution in [0.4, 0.5) is 13.2 Å². The lowest BCUT2D eigenvalue weighted by Gasteiger charge is -2.16. The van der Waals surface area contributed by atoms with Crippen LogP contribution in [0, 0.1) is 0 Å². The van der Waals surface area contributed by atoms with Crippen molar-refractivity contribution in [3.63, 3.8) is 0 Å². The maximum absolute atomic E-state index is 12.9. The van der Waals surface area contributed by atoms with Gasteiger partial charge in [0.15, 0.2) is 0 Å². The number of nitrogens with one attached hydrogen (secondary N) is 1. The fraction of sp³-hybridized carbons (Fsp3) is 0.500. The third-order valence-electron chi connectivity index (χ3n) is 5.73. The number of thioether (sulfide) groups is 1. The number of nitrogen functional groups attached to an aromatic ring is 1. The molecule has 0 aliphatic rings. The van der Waals surface area contributed by atoms with E-state index in [0.29, 0.717) is 36.9 Å². The van der Waals surface area contributed by atoms with Crippen LogP contribution in [-0.4, -0.2) is 89.9 Å². The second kappa shape index (κ2) is 21.4. The van der Waals surface area contributed by atoms with Crippen LogP contribution in [0.1, 0.15) is 56.4 Å². The van der Waals surface area contributed by atoms with E-state index in [1.54, 1.807) is 20.1 Å². The van der Waals surface area contributed by atoms with Crippen molar-refractivity contribution in [2.75, 3.05) is 43.7 Å². The number of carboxylic acids is 1. The van der Waals surface area contributed by atoms with Crippen molar-refractivity contribution in [2.24, 2.45) is 7.05 Å². The number of carbonyl (C=O) groups excluding carboxylic acids is 1. The topological polar surface area (TPSA) is 254 Å². The second-order valence-corrected chi connectivity index (χ2v) is 17.7. The summed E-state index contributed by atoms with van der Waals surface area (Å²) in [6, 6.07) is 3.91. The number of nitrogens with two attached hydrogens (primary N) is 1. The molecule has 0 bridgehead atoms. The quantitative estimate of drug-likeness (QED) is 0.0829. The molecule has 24 heteroatoms. The smallest absolute Gasteiger partial charge is 0.431 e. The third-order valence-corrected chi connectivity index (χ3v) is 7.32. The standard InChI is InChI=1S/C16H14ClF3N2O4.C8H14N4OS.C3H8NO5P.C3H9S/c1-8(2)26-14(24)10-6-9(4-5-11(10)17)22-13(23)7-12(16(18,19)20)21(3)15(22)25;1-8(2,3)5-6(13)12(9)7(14-4)11-10-5;5-3(6)1-4-2-10(7,8)9;1-4(2)3/h4-8H,1-3H3;9H2,1-4H3;4H,1-2H2,(H,5,6)(H2,7,8,9);1-3H3/q;;;+1/p-1. The molecule has 0 aliphatic carbocycles. The molecule has 54 heavy (non-hydrogen) atoms. The second-order valence-electron chi connectivity index (χ2n) is 12.5. The largest absolute Gasteiger partial charge is 0.778 e. The van der Waals surface area contributed by atoms with E-state index in [2.05, 4.69) is 29.0 Å². The van der Waals surface area contributed by atoms with E-state index in [0.717, 1.165) is 17.8 Å². The van der Waals surface area contributed by atoms with Crippen molar-refractivity contribution < 1.29 is 47.0 Å². The molecule has 5 N–H and O–H groups in total. The number of esters is 1. The maximum Gasteiger partial charge on any atom is 0.431 e. The van der Waals surface area contributed by atoms with Crippen LogP contribution in [-0.2, 0) is 43.6 Å². The average molecular weight is 850 g/mol. The van der Waals surface area contributed by atoms with Gasteiger partial charge in [-0.25, -0.2) is 14.2 Å². The Morgan fingerprint density at radius 3 is 2.09 bits per heavy atom. The van der Waals surface area contributed by atoms with E-state index in [9.17, 15) is 46.6 Å². The minimum absolute atomic E-state index is 0.0104. The number of nitrogens with zero attached hydrogens (tertiary/aromatic N) is 5. The number of carboxylic acid groups (broad SMARTS) is 1. The predicted octanol–water partition coefficient (Wildman–Crippen LogP) is 1.80. The molecule has 0 radical (unpaired) electrons. The summed E-state index contributed by atoms with van der Waals surface area (Å²) in [5, 5.41) is 18.2. The predicted molar refractivity (Wildman–Crippen MR) is 200 cm³/mol. The molecule has 1 unspecified atom stereocenters. The van der Waals surface area contributed by atoms with E-state index in [1.807, 2.05) is 26.1 Å². The molecule has 1 aromatic carbocycles. The zero-order chi connectivity index (χ0) is 42.5. The van der Waals surface area contributed by atoms with Crippen molar-refractivity contribution in [1.29, 1.82) is 0 Å². The highest BCUT2D eigenvalue weighted by Crippen LogP contribution is 2.27. The number of hydrogen-bond donors (Lipinski definition) is 4. The molecule has 3 rings (SSSR count). The number of carbonyl (C=O) groups is 2. The molecule has 0 saturated heterocycles. The Morgan fingerprint density at radius 1 is 1.13 bits per heavy atom. The van der Waals surface area contributed by atoms with E-state index in [4.69, 9.17) is 32.2 Å². The Morgan fingerprint density at radius 2 is 1.67 bits per heavy atom. The Labute approximate surface area is 320 Å². The summed E-state index contributed by atoms with van der Waals surface area (Å²) in [5.74, 6) is 3.61. The number of alkyl halides is 3. The Bertz CT molecular complexity index is 1980. The van der Waals surface area contributed by atoms with Crippen molar-refractivity contribution in [3.8, 4) is 5.69 Å². The highest BCUT2D eigenvalue weighted by molar-refractivity contribution is 7.98. The van der Waals surface area contributed by atoms with Crippen LogP contribution in [0.15, 0.2) is 43.8 Å². The molecule has 0 aliphatic heterocycles. The molecule has 304 valence electrons. The van der Waals surface area contributed by atoms with Gasteiger partial charge in [0.25, 0.3) is 11.1 Å². The summed E-state index contributed by atoms with van der Waals surface area (Å²) in [6.07, 6.45) is 2.37. The van der Waals surface area contributed by atoms with E-state index >= 15 is 0 Å². The first-order valence-corrected chi connectivity index (χ1v) is 20.9. The van der Waals surface area contributed by atoms with Crippen LogP contribution in [0.2, 0.25) is 5.02 Å². The minimum Gasteiger partial charge on any atom is -0.778 e. The van der Waals surface area contributed by atoms with Crippen LogP contribution in [0.3, 0.4) is 0 Å². The Hall–Kier alpha value is -3.66. The lowest BCUT2D eigenvalue weighted by molar-refractivity contribution is -0.193. The number of rotatable bonds is 8. The number of ether oxygens (including phenoxy) is 1. The van der Waals surface area contributed by atoms with Gasteiger partial charge in [0, 0.05) is 18.5 Å². The molecular formula is C30H44ClF3N7O10PS2. The van der Waals surface area contributed by atoms with Crippen molar-refractivity contribution >= 4 is 53.8 Å². The average Bonchev–Trinajstić information content (AvgIpc) is 2.99. The summed E-state index contributed by atoms with van der Waals surface area (Å²) in [4.78, 5) is 75.9. The van der Waals surface area contributed by atoms with Crippen LogP contribution in [0.5, 0.6) is 0 Å². The van der Waals surface area contributed by atoms with Gasteiger partial charge in [-0.1, -0.05) is 44.1 Å². The van der Waals surface area contributed by atoms with Crippen LogP contribution < -0.4 is 32.9 Å². The van der Waals surface area contributed by atoms with E-state index in [-0.39, 0.29) is 27.2 Å². The van der Waals surface area contributed by atoms with E-state index in [1.165, 1.54) is 23.9 Å². The van der Waals surface area contributed by atoms with Crippen molar-refractivity contribution in [1.82, 2.24) is 29.3 Å². The lowest BCUT2D eigenvalue weighted by Crippen LogP contribution is -2.40. The monoisotopic (exact) mass is 849 g/mol. The highest BCUT2D eigenvalue weighted by atomic mass is 35.5. The first-order chi connectivity index (χ1) is 24.5. The minimum atomic E-state index is -4.86. The van der Waals surface area contributed by atoms with E-state index < -0.39 is 61.6 Å². The van der Waals surface area contributed by atoms with Crippen molar-refractivity contribution in [3.05, 3.63) is 77.4 Å². The number of aromatic nitrogens is 5. The van der Waals surface area contributed by atoms with Gasteiger partial charge in [-0.15, -0.1) is 10.2 Å². The van der Waals surface area contributed by atoms with Gasteiger partial charge >= 0.3 is 23.8 Å². The number of halogens is 4. The zero-order valence-electron chi connectivity index (χ0n) is 31.1. The lowest BCUT2D eigenvalue weighted by atomic mass is 9.93. The van der Waals surface area contributed by atoms with Gasteiger partial charge in [0.1, 0.15) is 19.0 Å². The maximum atomic E-state index is 12.9. The number of aliphatic carboxylic acids is 1.